The molecule has 0 atom stereocenters. The molecule has 2 aromatic carbocycles. The molecular formula is C19H15F3N2O2. The summed E-state index contributed by atoms with van der Waals surface area (Å²) in [4.78, 5) is 11.3. The number of rotatable bonds is 4. The molecule has 0 aliphatic heterocycles. The van der Waals surface area contributed by atoms with Gasteiger partial charge in [0, 0.05) is 23.6 Å². The number of amides is 1. The van der Waals surface area contributed by atoms with Gasteiger partial charge >= 0.3 is 6.18 Å². The third kappa shape index (κ3) is 3.94. The summed E-state index contributed by atoms with van der Waals surface area (Å²) in [6.07, 6.45) is -0.115. The van der Waals surface area contributed by atoms with E-state index < -0.39 is 17.6 Å². The van der Waals surface area contributed by atoms with Gasteiger partial charge in [-0.3, -0.25) is 10.0 Å². The Hall–Kier alpha value is -3.06. The predicted molar refractivity (Wildman–Crippen MR) is 89.3 cm³/mol. The first-order valence-electron chi connectivity index (χ1n) is 7.75. The molecule has 0 aliphatic carbocycles. The number of hydrogen-bond acceptors (Lipinski definition) is 2. The first-order chi connectivity index (χ1) is 12.4. The molecule has 0 bridgehead atoms. The summed E-state index contributed by atoms with van der Waals surface area (Å²) in [6.45, 7) is 0. The summed E-state index contributed by atoms with van der Waals surface area (Å²) in [5, 5.41) is 8.60. The minimum atomic E-state index is -4.35. The van der Waals surface area contributed by atoms with Crippen LogP contribution in [0.25, 0.3) is 5.69 Å². The van der Waals surface area contributed by atoms with Crippen LogP contribution in [0, 0.1) is 0 Å². The van der Waals surface area contributed by atoms with E-state index in [2.05, 4.69) is 0 Å². The number of hydroxylamine groups is 1. The van der Waals surface area contributed by atoms with Gasteiger partial charge in [-0.1, -0.05) is 12.1 Å². The topological polar surface area (TPSA) is 54.3 Å². The molecule has 0 radical (unpaired) electrons. The molecule has 0 spiro atoms. The van der Waals surface area contributed by atoms with Crippen LogP contribution in [0.1, 0.15) is 27.0 Å². The highest BCUT2D eigenvalue weighted by Crippen LogP contribution is 2.29. The molecule has 0 aliphatic rings. The molecular weight excluding hydrogens is 345 g/mol. The third-order valence-electron chi connectivity index (χ3n) is 3.97. The normalized spacial score (nSPS) is 11.4. The lowest BCUT2D eigenvalue weighted by Crippen LogP contribution is -2.18. The van der Waals surface area contributed by atoms with Gasteiger partial charge in [0.15, 0.2) is 0 Å². The lowest BCUT2D eigenvalue weighted by Gasteiger charge is -2.08. The minimum Gasteiger partial charge on any atom is -0.324 e. The molecule has 0 fully saturated rings. The van der Waals surface area contributed by atoms with Crippen LogP contribution in [0.2, 0.25) is 0 Å². The number of aromatic nitrogens is 1. The number of alkyl halides is 3. The van der Waals surface area contributed by atoms with Crippen molar-refractivity contribution in [3.05, 3.63) is 89.2 Å². The smallest absolute Gasteiger partial charge is 0.324 e. The second-order valence-corrected chi connectivity index (χ2v) is 5.79. The van der Waals surface area contributed by atoms with Gasteiger partial charge in [0.05, 0.1) is 5.56 Å². The van der Waals surface area contributed by atoms with Crippen LogP contribution in [-0.4, -0.2) is 15.7 Å². The van der Waals surface area contributed by atoms with Crippen LogP contribution < -0.4 is 5.48 Å². The van der Waals surface area contributed by atoms with Gasteiger partial charge in [-0.05, 0) is 60.0 Å². The molecule has 3 aromatic rings. The van der Waals surface area contributed by atoms with Crippen molar-refractivity contribution < 1.29 is 23.2 Å². The zero-order valence-electron chi connectivity index (χ0n) is 13.5. The van der Waals surface area contributed by atoms with E-state index in [4.69, 9.17) is 5.21 Å². The largest absolute Gasteiger partial charge is 0.416 e. The van der Waals surface area contributed by atoms with Crippen molar-refractivity contribution in [2.45, 2.75) is 12.6 Å². The summed E-state index contributed by atoms with van der Waals surface area (Å²) in [7, 11) is 0. The van der Waals surface area contributed by atoms with Gasteiger partial charge in [0.25, 0.3) is 5.91 Å². The summed E-state index contributed by atoms with van der Waals surface area (Å²) in [6, 6.07) is 13.6. The Kier molecular flexibility index (Phi) is 4.81. The van der Waals surface area contributed by atoms with Gasteiger partial charge in [0.2, 0.25) is 0 Å². The van der Waals surface area contributed by atoms with E-state index in [1.54, 1.807) is 40.5 Å². The van der Waals surface area contributed by atoms with Crippen LogP contribution in [0.4, 0.5) is 13.2 Å². The van der Waals surface area contributed by atoms with Crippen LogP contribution in [-0.2, 0) is 12.6 Å². The van der Waals surface area contributed by atoms with Crippen LogP contribution in [0.5, 0.6) is 0 Å². The summed E-state index contributed by atoms with van der Waals surface area (Å²) >= 11 is 0. The Bertz CT molecular complexity index is 898. The Labute approximate surface area is 147 Å². The average Bonchev–Trinajstić information content (AvgIpc) is 3.09. The van der Waals surface area contributed by atoms with Gasteiger partial charge < -0.3 is 4.57 Å². The van der Waals surface area contributed by atoms with Gasteiger partial charge in [-0.25, -0.2) is 5.48 Å². The molecule has 2 N–H and O–H groups in total. The van der Waals surface area contributed by atoms with Gasteiger partial charge in [-0.2, -0.15) is 13.2 Å². The second-order valence-electron chi connectivity index (χ2n) is 5.79. The number of nitrogens with one attached hydrogen (secondary N) is 1. The maximum Gasteiger partial charge on any atom is 0.416 e. The number of hydrogen-bond donors (Lipinski definition) is 2. The summed E-state index contributed by atoms with van der Waals surface area (Å²) < 4.78 is 39.6. The van der Waals surface area contributed by atoms with E-state index in [-0.39, 0.29) is 0 Å². The Balaban J connectivity index is 1.73. The molecule has 0 unspecified atom stereocenters. The molecule has 26 heavy (non-hydrogen) atoms. The molecule has 7 heteroatoms. The third-order valence-corrected chi connectivity index (χ3v) is 3.97. The van der Waals surface area contributed by atoms with E-state index in [1.165, 1.54) is 12.1 Å². The quantitative estimate of drug-likeness (QED) is 0.541. The molecule has 0 saturated heterocycles. The lowest BCUT2D eigenvalue weighted by molar-refractivity contribution is -0.137. The first-order valence-corrected chi connectivity index (χ1v) is 7.75. The average molecular weight is 360 g/mol. The molecule has 4 nitrogen and oxygen atoms in total. The summed E-state index contributed by atoms with van der Waals surface area (Å²) in [5.41, 5.74) is 3.82. The van der Waals surface area contributed by atoms with E-state index in [1.807, 2.05) is 12.3 Å². The van der Waals surface area contributed by atoms with E-state index >= 15 is 0 Å². The van der Waals surface area contributed by atoms with Crippen molar-refractivity contribution in [2.75, 3.05) is 0 Å². The Morgan fingerprint density at radius 1 is 0.962 bits per heavy atom. The number of nitrogens with zero attached hydrogens (tertiary/aromatic N) is 1. The second kappa shape index (κ2) is 7.05. The number of halogens is 3. The lowest BCUT2D eigenvalue weighted by atomic mass is 10.1. The zero-order valence-corrected chi connectivity index (χ0v) is 13.5. The fraction of sp³-hybridized carbons (Fsp3) is 0.105. The van der Waals surface area contributed by atoms with E-state index in [0.717, 1.165) is 23.3 Å². The van der Waals surface area contributed by atoms with Crippen LogP contribution in [0.15, 0.2) is 67.0 Å². The molecule has 1 amide bonds. The van der Waals surface area contributed by atoms with Crippen molar-refractivity contribution in [2.24, 2.45) is 0 Å². The number of carbonyl (C=O) groups is 1. The van der Waals surface area contributed by atoms with Crippen LogP contribution >= 0.6 is 0 Å². The highest BCUT2D eigenvalue weighted by Gasteiger charge is 2.29. The highest BCUT2D eigenvalue weighted by molar-refractivity contribution is 5.93. The maximum atomic E-state index is 12.6. The molecule has 1 heterocycles. The molecule has 134 valence electrons. The van der Waals surface area contributed by atoms with Crippen LogP contribution in [0.3, 0.4) is 0 Å². The fourth-order valence-corrected chi connectivity index (χ4v) is 2.60. The molecule has 3 rings (SSSR count). The fourth-order valence-electron chi connectivity index (χ4n) is 2.60. The first kappa shape index (κ1) is 17.8. The highest BCUT2D eigenvalue weighted by atomic mass is 19.4. The summed E-state index contributed by atoms with van der Waals surface area (Å²) in [5.74, 6) is -0.579. The van der Waals surface area contributed by atoms with Gasteiger partial charge in [0.1, 0.15) is 0 Å². The van der Waals surface area contributed by atoms with E-state index in [0.29, 0.717) is 17.7 Å². The zero-order chi connectivity index (χ0) is 18.7. The van der Waals surface area contributed by atoms with Gasteiger partial charge in [-0.15, -0.1) is 0 Å². The minimum absolute atomic E-state index is 0.346. The van der Waals surface area contributed by atoms with Crippen molar-refractivity contribution in [1.29, 1.82) is 0 Å². The SMILES string of the molecule is O=C(NO)c1ccc(Cc2ccn(-c3ccc(C(F)(F)F)cc3)c2)cc1. The Morgan fingerprint density at radius 3 is 2.19 bits per heavy atom. The number of benzene rings is 2. The Morgan fingerprint density at radius 2 is 1.62 bits per heavy atom. The van der Waals surface area contributed by atoms with Crippen molar-refractivity contribution in [3.8, 4) is 5.69 Å². The maximum absolute atomic E-state index is 12.6. The monoisotopic (exact) mass is 360 g/mol. The standard InChI is InChI=1S/C19H15F3N2O2/c20-19(21,22)16-5-7-17(8-6-16)24-10-9-14(12-24)11-13-1-3-15(4-2-13)18(25)23-26/h1-10,12,26H,11H2,(H,23,25). The van der Waals surface area contributed by atoms with E-state index in [9.17, 15) is 18.0 Å². The van der Waals surface area contributed by atoms with Crippen molar-refractivity contribution in [1.82, 2.24) is 10.0 Å². The predicted octanol–water partition coefficient (Wildman–Crippen LogP) is 4.21. The van der Waals surface area contributed by atoms with Crippen molar-refractivity contribution >= 4 is 5.91 Å². The van der Waals surface area contributed by atoms with Crippen molar-refractivity contribution in [3.63, 3.8) is 0 Å². The molecule has 1 aromatic heterocycles. The number of carbonyl (C=O) groups excluding carboxylic acids is 1. The molecule has 0 saturated carbocycles.